The molecule has 2 aromatic carbocycles. The number of aromatic nitrogens is 3. The topological polar surface area (TPSA) is 72.3 Å². The number of pyridine rings is 1. The molecule has 0 aliphatic rings. The predicted molar refractivity (Wildman–Crippen MR) is 127 cm³/mol. The Morgan fingerprint density at radius 1 is 1.12 bits per heavy atom. The first-order chi connectivity index (χ1) is 15.9. The van der Waals surface area contributed by atoms with Crippen LogP contribution in [-0.4, -0.2) is 45.9 Å². The SMILES string of the molecule is CN(C)CCCC(=O)c1cc(Oc2ccc3c(c2)nc(Nc2ccccc2F)n3C)ccn1. The van der Waals surface area contributed by atoms with E-state index < -0.39 is 0 Å². The van der Waals surface area contributed by atoms with Crippen molar-refractivity contribution in [3.63, 3.8) is 0 Å². The summed E-state index contributed by atoms with van der Waals surface area (Å²) in [5.74, 6) is 1.27. The molecular formula is C25H26FN5O2. The molecule has 0 radical (unpaired) electrons. The number of nitrogens with one attached hydrogen (secondary N) is 1. The van der Waals surface area contributed by atoms with Crippen molar-refractivity contribution < 1.29 is 13.9 Å². The lowest BCUT2D eigenvalue weighted by Gasteiger charge is -2.09. The summed E-state index contributed by atoms with van der Waals surface area (Å²) in [4.78, 5) is 23.3. The van der Waals surface area contributed by atoms with Crippen LogP contribution in [0, 0.1) is 5.82 Å². The monoisotopic (exact) mass is 447 g/mol. The van der Waals surface area contributed by atoms with Crippen LogP contribution in [0.4, 0.5) is 16.0 Å². The van der Waals surface area contributed by atoms with E-state index in [0.29, 0.717) is 40.8 Å². The molecule has 0 aliphatic carbocycles. The number of imidazole rings is 1. The standard InChI is InChI=1S/C25H26FN5O2/c1-30(2)14-6-9-24(32)22-16-18(12-13-27-22)33-17-10-11-23-21(15-17)29-25(31(23)3)28-20-8-5-4-7-19(20)26/h4-5,7-8,10-13,15-16H,6,9,14H2,1-3H3,(H,28,29). The van der Waals surface area contributed by atoms with Gasteiger partial charge in [-0.1, -0.05) is 12.1 Å². The molecule has 0 bridgehead atoms. The van der Waals surface area contributed by atoms with Gasteiger partial charge in [-0.25, -0.2) is 9.37 Å². The van der Waals surface area contributed by atoms with E-state index in [2.05, 4.69) is 15.3 Å². The maximum Gasteiger partial charge on any atom is 0.208 e. The van der Waals surface area contributed by atoms with Gasteiger partial charge in [-0.15, -0.1) is 0 Å². The zero-order chi connectivity index (χ0) is 23.4. The molecule has 33 heavy (non-hydrogen) atoms. The summed E-state index contributed by atoms with van der Waals surface area (Å²) >= 11 is 0. The van der Waals surface area contributed by atoms with Gasteiger partial charge in [0.05, 0.1) is 16.7 Å². The second-order valence-electron chi connectivity index (χ2n) is 8.06. The Kier molecular flexibility index (Phi) is 6.65. The minimum Gasteiger partial charge on any atom is -0.457 e. The minimum atomic E-state index is -0.349. The van der Waals surface area contributed by atoms with Crippen LogP contribution < -0.4 is 10.1 Å². The van der Waals surface area contributed by atoms with Gasteiger partial charge in [0, 0.05) is 31.8 Å². The zero-order valence-corrected chi connectivity index (χ0v) is 18.9. The lowest BCUT2D eigenvalue weighted by Crippen LogP contribution is -2.14. The third kappa shape index (κ3) is 5.35. The van der Waals surface area contributed by atoms with Crippen molar-refractivity contribution in [2.24, 2.45) is 7.05 Å². The summed E-state index contributed by atoms with van der Waals surface area (Å²) in [5, 5.41) is 3.03. The van der Waals surface area contributed by atoms with Crippen molar-refractivity contribution in [2.75, 3.05) is 26.0 Å². The van der Waals surface area contributed by atoms with Gasteiger partial charge in [0.15, 0.2) is 5.78 Å². The quantitative estimate of drug-likeness (QED) is 0.357. The lowest BCUT2D eigenvalue weighted by molar-refractivity contribution is 0.0972. The van der Waals surface area contributed by atoms with Crippen molar-refractivity contribution in [3.05, 3.63) is 72.3 Å². The van der Waals surface area contributed by atoms with E-state index in [1.54, 1.807) is 42.6 Å². The van der Waals surface area contributed by atoms with Crippen LogP contribution in [0.2, 0.25) is 0 Å². The van der Waals surface area contributed by atoms with Crippen molar-refractivity contribution in [1.29, 1.82) is 0 Å². The van der Waals surface area contributed by atoms with Gasteiger partial charge in [0.25, 0.3) is 0 Å². The number of benzene rings is 2. The summed E-state index contributed by atoms with van der Waals surface area (Å²) in [6, 6.07) is 15.3. The number of fused-ring (bicyclic) bond motifs is 1. The number of halogens is 1. The van der Waals surface area contributed by atoms with E-state index in [9.17, 15) is 9.18 Å². The van der Waals surface area contributed by atoms with Crippen LogP contribution in [0.5, 0.6) is 11.5 Å². The number of nitrogens with zero attached hydrogens (tertiary/aromatic N) is 4. The second-order valence-corrected chi connectivity index (χ2v) is 8.06. The number of carbonyl (C=O) groups is 1. The first-order valence-corrected chi connectivity index (χ1v) is 10.7. The molecule has 0 unspecified atom stereocenters. The number of ether oxygens (including phenoxy) is 1. The number of ketones is 1. The average Bonchev–Trinajstić information content (AvgIpc) is 3.10. The molecule has 0 spiro atoms. The fourth-order valence-electron chi connectivity index (χ4n) is 3.49. The van der Waals surface area contributed by atoms with Crippen molar-refractivity contribution >= 4 is 28.5 Å². The van der Waals surface area contributed by atoms with Gasteiger partial charge in [0.2, 0.25) is 5.95 Å². The maximum atomic E-state index is 14.0. The van der Waals surface area contributed by atoms with E-state index in [1.807, 2.05) is 42.7 Å². The number of hydrogen-bond acceptors (Lipinski definition) is 6. The highest BCUT2D eigenvalue weighted by Gasteiger charge is 2.13. The van der Waals surface area contributed by atoms with Gasteiger partial charge in [-0.2, -0.15) is 0 Å². The molecule has 4 rings (SSSR count). The Hall–Kier alpha value is -3.78. The average molecular weight is 448 g/mol. The van der Waals surface area contributed by atoms with Crippen LogP contribution in [0.25, 0.3) is 11.0 Å². The van der Waals surface area contributed by atoms with Crippen molar-refractivity contribution in [1.82, 2.24) is 19.4 Å². The van der Waals surface area contributed by atoms with Crippen molar-refractivity contribution in [3.8, 4) is 11.5 Å². The fourth-order valence-corrected chi connectivity index (χ4v) is 3.49. The highest BCUT2D eigenvalue weighted by Crippen LogP contribution is 2.28. The Balaban J connectivity index is 1.50. The third-order valence-electron chi connectivity index (χ3n) is 5.23. The van der Waals surface area contributed by atoms with Gasteiger partial charge in [-0.05, 0) is 57.4 Å². The number of hydrogen-bond donors (Lipinski definition) is 1. The molecule has 2 heterocycles. The summed E-state index contributed by atoms with van der Waals surface area (Å²) in [6.07, 6.45) is 2.79. The molecule has 0 aliphatic heterocycles. The largest absolute Gasteiger partial charge is 0.457 e. The number of anilines is 2. The zero-order valence-electron chi connectivity index (χ0n) is 18.9. The minimum absolute atomic E-state index is 0.00802. The molecule has 4 aromatic rings. The van der Waals surface area contributed by atoms with Gasteiger partial charge >= 0.3 is 0 Å². The van der Waals surface area contributed by atoms with Crippen LogP contribution in [-0.2, 0) is 7.05 Å². The summed E-state index contributed by atoms with van der Waals surface area (Å²) in [6.45, 7) is 0.847. The summed E-state index contributed by atoms with van der Waals surface area (Å²) in [7, 11) is 5.82. The number of Topliss-reactive ketones (excluding diaryl/α,β-unsaturated/α-hetero) is 1. The molecule has 2 aromatic heterocycles. The number of carbonyl (C=O) groups excluding carboxylic acids is 1. The second kappa shape index (κ2) is 9.79. The molecule has 0 saturated carbocycles. The Morgan fingerprint density at radius 2 is 1.91 bits per heavy atom. The van der Waals surface area contributed by atoms with Crippen molar-refractivity contribution in [2.45, 2.75) is 12.8 Å². The molecular weight excluding hydrogens is 421 g/mol. The number of aryl methyl sites for hydroxylation is 1. The fraction of sp³-hybridized carbons (Fsp3) is 0.240. The highest BCUT2D eigenvalue weighted by atomic mass is 19.1. The maximum absolute atomic E-state index is 14.0. The third-order valence-corrected chi connectivity index (χ3v) is 5.23. The Bertz CT molecular complexity index is 1290. The van der Waals surface area contributed by atoms with Crippen LogP contribution >= 0.6 is 0 Å². The normalized spacial score (nSPS) is 11.2. The number of para-hydroxylation sites is 1. The molecule has 1 N–H and O–H groups in total. The molecule has 0 saturated heterocycles. The highest BCUT2D eigenvalue weighted by molar-refractivity contribution is 5.94. The predicted octanol–water partition coefficient (Wildman–Crippen LogP) is 5.17. The smallest absolute Gasteiger partial charge is 0.208 e. The van der Waals surface area contributed by atoms with Gasteiger partial charge in [-0.3, -0.25) is 9.78 Å². The summed E-state index contributed by atoms with van der Waals surface area (Å²) in [5.41, 5.74) is 2.31. The molecule has 170 valence electrons. The Morgan fingerprint density at radius 3 is 2.70 bits per heavy atom. The van der Waals surface area contributed by atoms with Gasteiger partial charge < -0.3 is 19.5 Å². The van der Waals surface area contributed by atoms with E-state index in [-0.39, 0.29) is 11.6 Å². The molecule has 8 heteroatoms. The number of rotatable bonds is 9. The summed E-state index contributed by atoms with van der Waals surface area (Å²) < 4.78 is 21.8. The molecule has 0 atom stereocenters. The van der Waals surface area contributed by atoms with E-state index in [1.165, 1.54) is 6.07 Å². The molecule has 0 fully saturated rings. The Labute approximate surface area is 191 Å². The van der Waals surface area contributed by atoms with Gasteiger partial charge in [0.1, 0.15) is 23.0 Å². The van der Waals surface area contributed by atoms with E-state index in [4.69, 9.17) is 4.74 Å². The molecule has 7 nitrogen and oxygen atoms in total. The molecule has 0 amide bonds. The van der Waals surface area contributed by atoms with E-state index in [0.717, 1.165) is 18.5 Å². The first-order valence-electron chi connectivity index (χ1n) is 10.7. The van der Waals surface area contributed by atoms with Crippen LogP contribution in [0.1, 0.15) is 23.3 Å². The van der Waals surface area contributed by atoms with E-state index >= 15 is 0 Å². The first kappa shape index (κ1) is 22.4. The van der Waals surface area contributed by atoms with Crippen LogP contribution in [0.3, 0.4) is 0 Å². The lowest BCUT2D eigenvalue weighted by atomic mass is 10.1. The van der Waals surface area contributed by atoms with Crippen LogP contribution in [0.15, 0.2) is 60.8 Å².